The highest BCUT2D eigenvalue weighted by Gasteiger charge is 2.15. The summed E-state index contributed by atoms with van der Waals surface area (Å²) in [5.74, 6) is -0.374. The van der Waals surface area contributed by atoms with E-state index in [1.807, 2.05) is 0 Å². The number of hydrogen-bond donors (Lipinski definition) is 1. The average molecular weight is 317 g/mol. The van der Waals surface area contributed by atoms with Gasteiger partial charge >= 0.3 is 5.97 Å². The fraction of sp³-hybridized carbons (Fsp3) is 0.364. The van der Waals surface area contributed by atoms with E-state index in [0.717, 1.165) is 5.56 Å². The van der Waals surface area contributed by atoms with Crippen molar-refractivity contribution in [2.24, 2.45) is 0 Å². The van der Waals surface area contributed by atoms with Gasteiger partial charge in [0, 0.05) is 12.6 Å². The van der Waals surface area contributed by atoms with Gasteiger partial charge in [0.1, 0.15) is 6.04 Å². The zero-order chi connectivity index (χ0) is 13.7. The predicted molar refractivity (Wildman–Crippen MR) is 69.1 cm³/mol. The molecule has 0 saturated carbocycles. The Morgan fingerprint density at radius 3 is 2.83 bits per heavy atom. The van der Waals surface area contributed by atoms with Crippen molar-refractivity contribution < 1.29 is 14.5 Å². The number of ether oxygens (including phenoxy) is 1. The maximum Gasteiger partial charge on any atom is 0.322 e. The SMILES string of the molecule is COC(=O)C(C)NCc1ccc(Br)c([N+](=O)[O-])c1. The summed E-state index contributed by atoms with van der Waals surface area (Å²) in [7, 11) is 1.31. The van der Waals surface area contributed by atoms with E-state index in [-0.39, 0.29) is 11.7 Å². The molecule has 18 heavy (non-hydrogen) atoms. The van der Waals surface area contributed by atoms with Crippen LogP contribution in [-0.2, 0) is 16.1 Å². The number of nitrogens with one attached hydrogen (secondary N) is 1. The number of nitrogens with zero attached hydrogens (tertiary/aromatic N) is 1. The van der Waals surface area contributed by atoms with Gasteiger partial charge in [-0.15, -0.1) is 0 Å². The molecule has 0 saturated heterocycles. The standard InChI is InChI=1S/C11H13BrN2O4/c1-7(11(15)18-2)13-6-8-3-4-9(12)10(5-8)14(16)17/h3-5,7,13H,6H2,1-2H3. The Kier molecular flexibility index (Phi) is 5.24. The molecule has 6 nitrogen and oxygen atoms in total. The number of halogens is 1. The maximum absolute atomic E-state index is 11.2. The summed E-state index contributed by atoms with van der Waals surface area (Å²) < 4.78 is 4.99. The van der Waals surface area contributed by atoms with Crippen LogP contribution in [0.4, 0.5) is 5.69 Å². The van der Waals surface area contributed by atoms with E-state index < -0.39 is 11.0 Å². The largest absolute Gasteiger partial charge is 0.468 e. The molecule has 0 radical (unpaired) electrons. The predicted octanol–water partition coefficient (Wildman–Crippen LogP) is 2.01. The van der Waals surface area contributed by atoms with Crippen molar-refractivity contribution >= 4 is 27.6 Å². The molecule has 1 unspecified atom stereocenters. The first-order valence-corrected chi connectivity index (χ1v) is 5.99. The molecule has 1 aromatic carbocycles. The molecular formula is C11H13BrN2O4. The lowest BCUT2D eigenvalue weighted by Crippen LogP contribution is -2.34. The Bertz CT molecular complexity index is 464. The third-order valence-corrected chi connectivity index (χ3v) is 3.04. The van der Waals surface area contributed by atoms with Crippen molar-refractivity contribution in [2.45, 2.75) is 19.5 Å². The van der Waals surface area contributed by atoms with Gasteiger partial charge in [0.05, 0.1) is 16.5 Å². The van der Waals surface area contributed by atoms with Crippen molar-refractivity contribution in [1.29, 1.82) is 0 Å². The smallest absolute Gasteiger partial charge is 0.322 e. The third kappa shape index (κ3) is 3.78. The normalized spacial score (nSPS) is 11.9. The lowest BCUT2D eigenvalue weighted by molar-refractivity contribution is -0.385. The molecule has 98 valence electrons. The van der Waals surface area contributed by atoms with Gasteiger partial charge in [-0.25, -0.2) is 0 Å². The quantitative estimate of drug-likeness (QED) is 0.510. The van der Waals surface area contributed by atoms with Crippen molar-refractivity contribution in [3.63, 3.8) is 0 Å². The van der Waals surface area contributed by atoms with Gasteiger partial charge in [0.2, 0.25) is 0 Å². The molecule has 0 aliphatic carbocycles. The fourth-order valence-electron chi connectivity index (χ4n) is 1.34. The Labute approximate surface area is 113 Å². The van der Waals surface area contributed by atoms with Crippen LogP contribution in [0, 0.1) is 10.1 Å². The number of benzene rings is 1. The molecule has 0 aromatic heterocycles. The zero-order valence-corrected chi connectivity index (χ0v) is 11.6. The van der Waals surface area contributed by atoms with Crippen LogP contribution in [0.15, 0.2) is 22.7 Å². The molecule has 0 aliphatic heterocycles. The zero-order valence-electron chi connectivity index (χ0n) is 9.97. The van der Waals surface area contributed by atoms with Crippen LogP contribution >= 0.6 is 15.9 Å². The van der Waals surface area contributed by atoms with Gasteiger partial charge in [-0.2, -0.15) is 0 Å². The van der Waals surface area contributed by atoms with E-state index >= 15 is 0 Å². The summed E-state index contributed by atoms with van der Waals surface area (Å²) >= 11 is 3.11. The number of hydrogen-bond acceptors (Lipinski definition) is 5. The molecule has 1 N–H and O–H groups in total. The fourth-order valence-corrected chi connectivity index (χ4v) is 1.73. The molecule has 0 fully saturated rings. The highest BCUT2D eigenvalue weighted by Crippen LogP contribution is 2.25. The number of rotatable bonds is 5. The molecule has 1 rings (SSSR count). The minimum atomic E-state index is -0.461. The second kappa shape index (κ2) is 6.46. The van der Waals surface area contributed by atoms with Gasteiger partial charge in [0.25, 0.3) is 5.69 Å². The van der Waals surface area contributed by atoms with E-state index in [4.69, 9.17) is 0 Å². The molecule has 0 spiro atoms. The van der Waals surface area contributed by atoms with Crippen LogP contribution in [0.2, 0.25) is 0 Å². The lowest BCUT2D eigenvalue weighted by atomic mass is 10.2. The third-order valence-electron chi connectivity index (χ3n) is 2.37. The minimum Gasteiger partial charge on any atom is -0.468 e. The topological polar surface area (TPSA) is 81.5 Å². The van der Waals surface area contributed by atoms with Gasteiger partial charge in [-0.05, 0) is 34.5 Å². The molecular weight excluding hydrogens is 304 g/mol. The van der Waals surface area contributed by atoms with E-state index in [1.54, 1.807) is 19.1 Å². The van der Waals surface area contributed by atoms with Crippen LogP contribution < -0.4 is 5.32 Å². The summed E-state index contributed by atoms with van der Waals surface area (Å²) in [5.41, 5.74) is 0.723. The Morgan fingerprint density at radius 1 is 1.61 bits per heavy atom. The molecule has 0 amide bonds. The summed E-state index contributed by atoms with van der Waals surface area (Å²) in [5, 5.41) is 13.7. The van der Waals surface area contributed by atoms with Crippen molar-refractivity contribution in [1.82, 2.24) is 5.32 Å². The number of esters is 1. The van der Waals surface area contributed by atoms with E-state index in [0.29, 0.717) is 11.0 Å². The minimum absolute atomic E-state index is 0.0000196. The number of nitro benzene ring substituents is 1. The maximum atomic E-state index is 11.2. The molecule has 0 bridgehead atoms. The number of nitro groups is 1. The van der Waals surface area contributed by atoms with Gasteiger partial charge in [-0.1, -0.05) is 6.07 Å². The van der Waals surface area contributed by atoms with Crippen LogP contribution in [0.3, 0.4) is 0 Å². The number of methoxy groups -OCH3 is 1. The summed E-state index contributed by atoms with van der Waals surface area (Å²) in [6.45, 7) is 2.02. The monoisotopic (exact) mass is 316 g/mol. The first-order chi connectivity index (χ1) is 8.45. The molecule has 0 heterocycles. The Balaban J connectivity index is 2.71. The lowest BCUT2D eigenvalue weighted by Gasteiger charge is -2.11. The molecule has 1 aromatic rings. The van der Waals surface area contributed by atoms with Crippen molar-refractivity contribution in [3.05, 3.63) is 38.3 Å². The van der Waals surface area contributed by atoms with Crippen LogP contribution in [0.25, 0.3) is 0 Å². The van der Waals surface area contributed by atoms with Crippen LogP contribution in [0.5, 0.6) is 0 Å². The first kappa shape index (κ1) is 14.6. The highest BCUT2D eigenvalue weighted by atomic mass is 79.9. The van der Waals surface area contributed by atoms with E-state index in [1.165, 1.54) is 13.2 Å². The Morgan fingerprint density at radius 2 is 2.28 bits per heavy atom. The van der Waals surface area contributed by atoms with Gasteiger partial charge < -0.3 is 10.1 Å². The van der Waals surface area contributed by atoms with Crippen molar-refractivity contribution in [2.75, 3.05) is 7.11 Å². The number of carbonyl (C=O) groups excluding carboxylic acids is 1. The number of carbonyl (C=O) groups is 1. The summed E-state index contributed by atoms with van der Waals surface area (Å²) in [6.07, 6.45) is 0. The first-order valence-electron chi connectivity index (χ1n) is 5.19. The Hall–Kier alpha value is -1.47. The van der Waals surface area contributed by atoms with E-state index in [9.17, 15) is 14.9 Å². The molecule has 1 atom stereocenters. The summed E-state index contributed by atoms with van der Waals surface area (Å²) in [6, 6.07) is 4.35. The van der Waals surface area contributed by atoms with Gasteiger partial charge in [-0.3, -0.25) is 14.9 Å². The molecule has 0 aliphatic rings. The highest BCUT2D eigenvalue weighted by molar-refractivity contribution is 9.10. The van der Waals surface area contributed by atoms with Crippen LogP contribution in [-0.4, -0.2) is 24.0 Å². The van der Waals surface area contributed by atoms with Crippen LogP contribution in [0.1, 0.15) is 12.5 Å². The van der Waals surface area contributed by atoms with Gasteiger partial charge in [0.15, 0.2) is 0 Å². The van der Waals surface area contributed by atoms with Crippen molar-refractivity contribution in [3.8, 4) is 0 Å². The molecule has 7 heteroatoms. The second-order valence-corrected chi connectivity index (χ2v) is 4.52. The van der Waals surface area contributed by atoms with E-state index in [2.05, 4.69) is 26.0 Å². The summed E-state index contributed by atoms with van der Waals surface area (Å²) in [4.78, 5) is 21.4. The second-order valence-electron chi connectivity index (χ2n) is 3.67. The average Bonchev–Trinajstić information content (AvgIpc) is 2.36.